The topological polar surface area (TPSA) is 80.0 Å². The second-order valence-electron chi connectivity index (χ2n) is 6.82. The number of halogens is 4. The molecule has 0 atom stereocenters. The van der Waals surface area contributed by atoms with E-state index in [1.54, 1.807) is 24.3 Å². The van der Waals surface area contributed by atoms with Crippen LogP contribution in [0.2, 0.25) is 5.02 Å². The fourth-order valence-corrected chi connectivity index (χ4v) is 2.72. The lowest BCUT2D eigenvalue weighted by Crippen LogP contribution is -2.28. The number of nitrogens with zero attached hydrogens (tertiary/aromatic N) is 3. The maximum atomic E-state index is 13.1. The predicted molar refractivity (Wildman–Crippen MR) is 98.4 cm³/mol. The van der Waals surface area contributed by atoms with Crippen LogP contribution >= 0.6 is 11.6 Å². The zero-order chi connectivity index (χ0) is 20.7. The first-order chi connectivity index (χ1) is 12.9. The molecule has 148 valence electrons. The van der Waals surface area contributed by atoms with E-state index in [2.05, 4.69) is 15.3 Å². The highest BCUT2D eigenvalue weighted by molar-refractivity contribution is 6.30. The third kappa shape index (κ3) is 4.42. The minimum Gasteiger partial charge on any atom is -0.390 e. The number of rotatable bonds is 4. The van der Waals surface area contributed by atoms with Gasteiger partial charge in [0.05, 0.1) is 17.7 Å². The van der Waals surface area contributed by atoms with Gasteiger partial charge in [-0.25, -0.2) is 9.97 Å². The normalized spacial score (nSPS) is 12.4. The van der Waals surface area contributed by atoms with E-state index in [4.69, 9.17) is 11.6 Å². The molecule has 0 unspecified atom stereocenters. The van der Waals surface area contributed by atoms with Crippen molar-refractivity contribution in [1.82, 2.24) is 14.5 Å². The van der Waals surface area contributed by atoms with Gasteiger partial charge in [-0.2, -0.15) is 13.2 Å². The molecule has 3 aromatic rings. The van der Waals surface area contributed by atoms with Crippen LogP contribution < -0.4 is 5.32 Å². The first-order valence-electron chi connectivity index (χ1n) is 8.19. The molecule has 2 aromatic heterocycles. The fourth-order valence-electron chi connectivity index (χ4n) is 2.60. The van der Waals surface area contributed by atoms with Gasteiger partial charge in [-0.15, -0.1) is 0 Å². The number of pyridine rings is 1. The SMILES string of the molecule is CC(C)(O)CC(=O)Nc1nc2ccc(C(F)(F)F)nc2n1-c1ccc(Cl)cc1. The molecule has 0 aliphatic heterocycles. The molecule has 2 heterocycles. The zero-order valence-electron chi connectivity index (χ0n) is 14.9. The van der Waals surface area contributed by atoms with Gasteiger partial charge in [0.25, 0.3) is 0 Å². The summed E-state index contributed by atoms with van der Waals surface area (Å²) in [6.45, 7) is 2.93. The third-order valence-corrected chi connectivity index (χ3v) is 3.98. The Bertz CT molecular complexity index is 1020. The van der Waals surface area contributed by atoms with Crippen LogP contribution in [-0.4, -0.2) is 31.1 Å². The van der Waals surface area contributed by atoms with Gasteiger partial charge in [-0.3, -0.25) is 14.7 Å². The zero-order valence-corrected chi connectivity index (χ0v) is 15.6. The molecule has 2 N–H and O–H groups in total. The number of nitrogens with one attached hydrogen (secondary N) is 1. The number of hydrogen-bond donors (Lipinski definition) is 2. The first-order valence-corrected chi connectivity index (χ1v) is 8.57. The van der Waals surface area contributed by atoms with Crippen molar-refractivity contribution >= 4 is 34.6 Å². The average molecular weight is 413 g/mol. The number of carbonyl (C=O) groups excluding carboxylic acids is 1. The Morgan fingerprint density at radius 3 is 2.36 bits per heavy atom. The number of alkyl halides is 3. The number of aromatic nitrogens is 3. The molecule has 28 heavy (non-hydrogen) atoms. The van der Waals surface area contributed by atoms with E-state index in [0.29, 0.717) is 10.7 Å². The summed E-state index contributed by atoms with van der Waals surface area (Å²) < 4.78 is 40.6. The van der Waals surface area contributed by atoms with Crippen molar-refractivity contribution in [2.24, 2.45) is 0 Å². The van der Waals surface area contributed by atoms with Crippen molar-refractivity contribution in [3.63, 3.8) is 0 Å². The molecule has 1 amide bonds. The lowest BCUT2D eigenvalue weighted by molar-refractivity contribution is -0.141. The Hall–Kier alpha value is -2.65. The Morgan fingerprint density at radius 2 is 1.79 bits per heavy atom. The van der Waals surface area contributed by atoms with Crippen molar-refractivity contribution in [3.8, 4) is 5.69 Å². The largest absolute Gasteiger partial charge is 0.433 e. The van der Waals surface area contributed by atoms with Gasteiger partial charge in [-0.1, -0.05) is 11.6 Å². The third-order valence-electron chi connectivity index (χ3n) is 3.72. The van der Waals surface area contributed by atoms with Gasteiger partial charge in [0, 0.05) is 5.02 Å². The average Bonchev–Trinajstić information content (AvgIpc) is 2.89. The van der Waals surface area contributed by atoms with E-state index in [1.807, 2.05) is 0 Å². The molecule has 0 saturated carbocycles. The quantitative estimate of drug-likeness (QED) is 0.673. The van der Waals surface area contributed by atoms with Crippen LogP contribution in [0.15, 0.2) is 36.4 Å². The van der Waals surface area contributed by atoms with Crippen LogP contribution in [0.4, 0.5) is 19.1 Å². The van der Waals surface area contributed by atoms with Gasteiger partial charge in [0.15, 0.2) is 5.65 Å². The van der Waals surface area contributed by atoms with Gasteiger partial charge in [0.2, 0.25) is 11.9 Å². The molecule has 3 rings (SSSR count). The highest BCUT2D eigenvalue weighted by Crippen LogP contribution is 2.31. The molecule has 0 spiro atoms. The lowest BCUT2D eigenvalue weighted by atomic mass is 10.1. The van der Waals surface area contributed by atoms with Crippen LogP contribution in [0.1, 0.15) is 26.0 Å². The van der Waals surface area contributed by atoms with E-state index in [9.17, 15) is 23.1 Å². The summed E-state index contributed by atoms with van der Waals surface area (Å²) in [6.07, 6.45) is -4.86. The van der Waals surface area contributed by atoms with Crippen molar-refractivity contribution in [3.05, 3.63) is 47.1 Å². The number of fused-ring (bicyclic) bond motifs is 1. The van der Waals surface area contributed by atoms with Crippen LogP contribution in [0, 0.1) is 0 Å². The Morgan fingerprint density at radius 1 is 1.14 bits per heavy atom. The monoisotopic (exact) mass is 412 g/mol. The van der Waals surface area contributed by atoms with E-state index < -0.39 is 23.4 Å². The van der Waals surface area contributed by atoms with Gasteiger partial charge >= 0.3 is 6.18 Å². The molecule has 0 fully saturated rings. The van der Waals surface area contributed by atoms with E-state index in [-0.39, 0.29) is 23.5 Å². The highest BCUT2D eigenvalue weighted by atomic mass is 35.5. The van der Waals surface area contributed by atoms with Crippen LogP contribution in [0.3, 0.4) is 0 Å². The number of anilines is 1. The molecule has 0 aliphatic carbocycles. The molecule has 6 nitrogen and oxygen atoms in total. The number of aliphatic hydroxyl groups is 1. The molecule has 0 bridgehead atoms. The Labute approximate surface area is 163 Å². The van der Waals surface area contributed by atoms with Crippen LogP contribution in [0.25, 0.3) is 16.9 Å². The summed E-state index contributed by atoms with van der Waals surface area (Å²) in [5, 5.41) is 12.8. The van der Waals surface area contributed by atoms with E-state index >= 15 is 0 Å². The summed E-state index contributed by atoms with van der Waals surface area (Å²) >= 11 is 5.89. The number of benzene rings is 1. The number of hydrogen-bond acceptors (Lipinski definition) is 4. The first kappa shape index (κ1) is 20.1. The Kier molecular flexibility index (Phi) is 5.07. The maximum Gasteiger partial charge on any atom is 0.433 e. The summed E-state index contributed by atoms with van der Waals surface area (Å²) in [6, 6.07) is 8.25. The number of amides is 1. The number of imidazole rings is 1. The second-order valence-corrected chi connectivity index (χ2v) is 7.26. The van der Waals surface area contributed by atoms with Crippen molar-refractivity contribution < 1.29 is 23.1 Å². The maximum absolute atomic E-state index is 13.1. The van der Waals surface area contributed by atoms with Crippen molar-refractivity contribution in [1.29, 1.82) is 0 Å². The molecular weight excluding hydrogens is 397 g/mol. The smallest absolute Gasteiger partial charge is 0.390 e. The summed E-state index contributed by atoms with van der Waals surface area (Å²) in [5.41, 5.74) is -1.83. The summed E-state index contributed by atoms with van der Waals surface area (Å²) in [7, 11) is 0. The van der Waals surface area contributed by atoms with Crippen LogP contribution in [0.5, 0.6) is 0 Å². The summed E-state index contributed by atoms with van der Waals surface area (Å²) in [5.74, 6) is -0.563. The standard InChI is InChI=1S/C18H16ClF3N4O2/c1-17(2,28)9-14(27)25-16-23-12-7-8-13(18(20,21)22)24-15(12)26(16)11-5-3-10(19)4-6-11/h3-8,28H,9H2,1-2H3,(H,23,25,27). The van der Waals surface area contributed by atoms with Gasteiger partial charge in [-0.05, 0) is 50.2 Å². The molecule has 0 radical (unpaired) electrons. The van der Waals surface area contributed by atoms with Crippen LogP contribution in [-0.2, 0) is 11.0 Å². The molecule has 0 saturated heterocycles. The van der Waals surface area contributed by atoms with Gasteiger partial charge in [0.1, 0.15) is 11.2 Å². The minimum atomic E-state index is -4.63. The molecule has 0 aliphatic rings. The predicted octanol–water partition coefficient (Wildman–Crippen LogP) is 4.19. The van der Waals surface area contributed by atoms with Crippen molar-refractivity contribution in [2.45, 2.75) is 32.0 Å². The lowest BCUT2D eigenvalue weighted by Gasteiger charge is -2.16. The Balaban J connectivity index is 2.15. The van der Waals surface area contributed by atoms with Crippen molar-refractivity contribution in [2.75, 3.05) is 5.32 Å². The van der Waals surface area contributed by atoms with Gasteiger partial charge < -0.3 is 5.11 Å². The summed E-state index contributed by atoms with van der Waals surface area (Å²) in [4.78, 5) is 20.1. The fraction of sp³-hybridized carbons (Fsp3) is 0.278. The molecular formula is C18H16ClF3N4O2. The number of carbonyl (C=O) groups is 1. The minimum absolute atomic E-state index is 0.0154. The molecule has 10 heteroatoms. The van der Waals surface area contributed by atoms with E-state index in [0.717, 1.165) is 6.07 Å². The highest BCUT2D eigenvalue weighted by Gasteiger charge is 2.33. The second kappa shape index (κ2) is 7.06. The molecule has 1 aromatic carbocycles. The van der Waals surface area contributed by atoms with E-state index in [1.165, 1.54) is 24.5 Å².